The zero-order valence-corrected chi connectivity index (χ0v) is 13.5. The summed E-state index contributed by atoms with van der Waals surface area (Å²) in [7, 11) is 0. The predicted molar refractivity (Wildman–Crippen MR) is 94.5 cm³/mol. The number of nitrogens with zero attached hydrogens (tertiary/aromatic N) is 1. The Hall–Kier alpha value is -2.28. The summed E-state index contributed by atoms with van der Waals surface area (Å²) in [6, 6.07) is 21.5. The molecule has 0 aromatic heterocycles. The molecule has 0 spiro atoms. The smallest absolute Gasteiger partial charge is 0.0696 e. The first-order valence-electron chi connectivity index (χ1n) is 7.95. The summed E-state index contributed by atoms with van der Waals surface area (Å²) in [4.78, 5) is 2.27. The molecule has 1 heterocycles. The molecule has 1 radical (unpaired) electrons. The fourth-order valence-corrected chi connectivity index (χ4v) is 3.23. The van der Waals surface area contributed by atoms with Gasteiger partial charge in [0.2, 0.25) is 0 Å². The third kappa shape index (κ3) is 2.59. The van der Waals surface area contributed by atoms with Crippen LogP contribution in [-0.2, 0) is 0 Å². The van der Waals surface area contributed by atoms with Crippen molar-refractivity contribution in [2.75, 3.05) is 4.90 Å². The fraction of sp³-hybridized carbons (Fsp3) is 0.238. The molecule has 1 aliphatic heterocycles. The minimum atomic E-state index is 0.278. The second kappa shape index (κ2) is 6.23. The summed E-state index contributed by atoms with van der Waals surface area (Å²) in [6.45, 7) is 6.69. The molecule has 0 saturated heterocycles. The molecule has 0 saturated carbocycles. The summed E-state index contributed by atoms with van der Waals surface area (Å²) in [5.74, 6) is 0. The molecule has 0 fully saturated rings. The second-order valence-electron chi connectivity index (χ2n) is 5.73. The summed E-state index contributed by atoms with van der Waals surface area (Å²) < 4.78 is 0. The Labute approximate surface area is 133 Å². The van der Waals surface area contributed by atoms with E-state index in [0.29, 0.717) is 0 Å². The van der Waals surface area contributed by atoms with Crippen LogP contribution in [0, 0.1) is 6.20 Å². The lowest BCUT2D eigenvalue weighted by Gasteiger charge is -2.36. The van der Waals surface area contributed by atoms with Crippen LogP contribution in [0.2, 0.25) is 0 Å². The number of para-hydroxylation sites is 1. The van der Waals surface area contributed by atoms with E-state index in [4.69, 9.17) is 0 Å². The van der Waals surface area contributed by atoms with Crippen LogP contribution in [-0.4, -0.2) is 6.04 Å². The first-order valence-corrected chi connectivity index (χ1v) is 7.95. The molecule has 0 amide bonds. The molecular formula is C21H22N. The van der Waals surface area contributed by atoms with Gasteiger partial charge in [0.1, 0.15) is 0 Å². The van der Waals surface area contributed by atoms with Gasteiger partial charge in [-0.3, -0.25) is 0 Å². The molecule has 0 N–H and O–H groups in total. The lowest BCUT2D eigenvalue weighted by atomic mass is 9.87. The summed E-state index contributed by atoms with van der Waals surface area (Å²) >= 11 is 0. The largest absolute Gasteiger partial charge is 0.332 e. The van der Waals surface area contributed by atoms with E-state index in [9.17, 15) is 0 Å². The van der Waals surface area contributed by atoms with Gasteiger partial charge in [0.15, 0.2) is 0 Å². The predicted octanol–water partition coefficient (Wildman–Crippen LogP) is 5.47. The first kappa shape index (κ1) is 14.6. The number of allylic oxidation sites excluding steroid dienone is 2. The molecule has 1 heteroatoms. The zero-order chi connectivity index (χ0) is 15.5. The van der Waals surface area contributed by atoms with Crippen molar-refractivity contribution in [3.63, 3.8) is 0 Å². The summed E-state index contributed by atoms with van der Waals surface area (Å²) in [5.41, 5.74) is 6.57. The van der Waals surface area contributed by atoms with E-state index in [1.807, 2.05) is 0 Å². The van der Waals surface area contributed by atoms with Crippen molar-refractivity contribution >= 4 is 11.3 Å². The van der Waals surface area contributed by atoms with Gasteiger partial charge in [0, 0.05) is 5.69 Å². The van der Waals surface area contributed by atoms with E-state index in [-0.39, 0.29) is 6.04 Å². The highest BCUT2D eigenvalue weighted by atomic mass is 15.1. The van der Waals surface area contributed by atoms with Crippen LogP contribution in [0.4, 0.5) is 5.69 Å². The Morgan fingerprint density at radius 3 is 2.14 bits per heavy atom. The van der Waals surface area contributed by atoms with Gasteiger partial charge in [-0.05, 0) is 54.7 Å². The topological polar surface area (TPSA) is 3.24 Å². The van der Waals surface area contributed by atoms with Gasteiger partial charge in [0.05, 0.1) is 12.2 Å². The van der Waals surface area contributed by atoms with Crippen LogP contribution < -0.4 is 4.90 Å². The van der Waals surface area contributed by atoms with Crippen molar-refractivity contribution in [2.24, 2.45) is 0 Å². The van der Waals surface area contributed by atoms with E-state index in [0.717, 1.165) is 6.42 Å². The molecule has 111 valence electrons. The average molecular weight is 288 g/mol. The van der Waals surface area contributed by atoms with Crippen molar-refractivity contribution in [2.45, 2.75) is 33.2 Å². The van der Waals surface area contributed by atoms with Crippen LogP contribution in [0.15, 0.2) is 71.8 Å². The zero-order valence-electron chi connectivity index (χ0n) is 13.5. The third-order valence-corrected chi connectivity index (χ3v) is 4.39. The monoisotopic (exact) mass is 288 g/mol. The Morgan fingerprint density at radius 2 is 1.55 bits per heavy atom. The molecule has 0 bridgehead atoms. The highest BCUT2D eigenvalue weighted by molar-refractivity contribution is 5.80. The average Bonchev–Trinajstić information content (AvgIpc) is 2.57. The molecule has 0 aliphatic carbocycles. The Bertz CT molecular complexity index is 695. The maximum Gasteiger partial charge on any atom is 0.0696 e. The molecule has 2 aromatic rings. The minimum absolute atomic E-state index is 0.278. The molecule has 2 aromatic carbocycles. The molecule has 1 atom stereocenters. The maximum atomic E-state index is 3.61. The van der Waals surface area contributed by atoms with Crippen LogP contribution >= 0.6 is 0 Å². The van der Waals surface area contributed by atoms with Crippen molar-refractivity contribution in [3.8, 4) is 0 Å². The minimum Gasteiger partial charge on any atom is -0.332 e. The van der Waals surface area contributed by atoms with Gasteiger partial charge < -0.3 is 4.90 Å². The van der Waals surface area contributed by atoms with Crippen molar-refractivity contribution in [1.29, 1.82) is 0 Å². The third-order valence-electron chi connectivity index (χ3n) is 4.39. The van der Waals surface area contributed by atoms with Crippen LogP contribution in [0.3, 0.4) is 0 Å². The number of benzene rings is 2. The SMILES string of the molecule is CCC1=[C]N(c2ccccc2)C(C)C(c2ccccc2)=C1C. The standard InChI is InChI=1S/C21H22N/c1-4-18-15-22(20-13-9-6-10-14-20)17(3)21(16(18)2)19-11-7-5-8-12-19/h5-14,17H,4H2,1-3H3. The maximum absolute atomic E-state index is 3.61. The van der Waals surface area contributed by atoms with E-state index in [1.54, 1.807) is 0 Å². The Balaban J connectivity index is 2.10. The van der Waals surface area contributed by atoms with Crippen LogP contribution in [0.1, 0.15) is 32.8 Å². The molecule has 22 heavy (non-hydrogen) atoms. The van der Waals surface area contributed by atoms with E-state index in [1.165, 1.54) is 28.0 Å². The van der Waals surface area contributed by atoms with Gasteiger partial charge in [-0.15, -0.1) is 0 Å². The lowest BCUT2D eigenvalue weighted by Crippen LogP contribution is -2.33. The van der Waals surface area contributed by atoms with E-state index in [2.05, 4.69) is 92.5 Å². The molecule has 1 aliphatic rings. The summed E-state index contributed by atoms with van der Waals surface area (Å²) in [6.07, 6.45) is 4.61. The van der Waals surface area contributed by atoms with Gasteiger partial charge in [-0.25, -0.2) is 0 Å². The van der Waals surface area contributed by atoms with Gasteiger partial charge in [-0.1, -0.05) is 55.5 Å². The molecule has 1 unspecified atom stereocenters. The number of rotatable bonds is 3. The second-order valence-corrected chi connectivity index (χ2v) is 5.73. The highest BCUT2D eigenvalue weighted by Crippen LogP contribution is 2.36. The normalized spacial score (nSPS) is 18.4. The van der Waals surface area contributed by atoms with Gasteiger partial charge >= 0.3 is 0 Å². The van der Waals surface area contributed by atoms with E-state index < -0.39 is 0 Å². The highest BCUT2D eigenvalue weighted by Gasteiger charge is 2.26. The van der Waals surface area contributed by atoms with E-state index >= 15 is 0 Å². The number of anilines is 1. The Kier molecular flexibility index (Phi) is 4.15. The molecule has 3 rings (SSSR count). The quantitative estimate of drug-likeness (QED) is 0.724. The molecular weight excluding hydrogens is 266 g/mol. The van der Waals surface area contributed by atoms with Crippen molar-refractivity contribution in [1.82, 2.24) is 0 Å². The fourth-order valence-electron chi connectivity index (χ4n) is 3.23. The Morgan fingerprint density at radius 1 is 0.955 bits per heavy atom. The number of hydrogen-bond acceptors (Lipinski definition) is 1. The van der Waals surface area contributed by atoms with Crippen molar-refractivity contribution in [3.05, 3.63) is 83.6 Å². The summed E-state index contributed by atoms with van der Waals surface area (Å²) in [5, 5.41) is 0. The van der Waals surface area contributed by atoms with Gasteiger partial charge in [-0.2, -0.15) is 0 Å². The molecule has 1 nitrogen and oxygen atoms in total. The van der Waals surface area contributed by atoms with Crippen LogP contribution in [0.5, 0.6) is 0 Å². The van der Waals surface area contributed by atoms with Crippen molar-refractivity contribution < 1.29 is 0 Å². The number of hydrogen-bond donors (Lipinski definition) is 0. The first-order chi connectivity index (χ1) is 10.7. The van der Waals surface area contributed by atoms with Crippen LogP contribution in [0.25, 0.3) is 5.57 Å². The lowest BCUT2D eigenvalue weighted by molar-refractivity contribution is 0.819. The van der Waals surface area contributed by atoms with Gasteiger partial charge in [0.25, 0.3) is 0 Å².